The van der Waals surface area contributed by atoms with E-state index in [1.54, 1.807) is 0 Å². The van der Waals surface area contributed by atoms with Crippen molar-refractivity contribution < 1.29 is 66.1 Å². The first-order valence-corrected chi connectivity index (χ1v) is 26.2. The topological polar surface area (TPSA) is 61.7 Å². The first-order chi connectivity index (χ1) is 59.4. The molecule has 0 N–H and O–H groups in total. The maximum atomic E-state index is 11.3. The van der Waals surface area contributed by atoms with Crippen LogP contribution in [-0.4, -0.2) is 32.2 Å². The summed E-state index contributed by atoms with van der Waals surface area (Å²) >= 11 is 0. The van der Waals surface area contributed by atoms with Gasteiger partial charge in [0, 0.05) is 43.4 Å². The van der Waals surface area contributed by atoms with E-state index in [0.717, 1.165) is 0 Å². The summed E-state index contributed by atoms with van der Waals surface area (Å²) in [4.78, 5) is 14.0. The van der Waals surface area contributed by atoms with Crippen LogP contribution in [0.3, 0.4) is 0 Å². The Kier molecular flexibility index (Phi) is 4.80. The second kappa shape index (κ2) is 19.3. The molecule has 0 fully saturated rings. The molecular formula is C75H49N5OSi. The lowest BCUT2D eigenvalue weighted by molar-refractivity contribution is 0.669. The van der Waals surface area contributed by atoms with Crippen LogP contribution in [0.1, 0.15) is 61.7 Å². The average Bonchev–Trinajstić information content (AvgIpc) is 1.31. The molecule has 384 valence electrons. The van der Waals surface area contributed by atoms with E-state index in [9.17, 15) is 39.8 Å². The Bertz CT molecular complexity index is 7680. The van der Waals surface area contributed by atoms with Gasteiger partial charge in [-0.2, -0.15) is 9.97 Å². The molecule has 0 radical (unpaired) electrons. The highest BCUT2D eigenvalue weighted by Crippen LogP contribution is 2.38. The third kappa shape index (κ3) is 7.59. The highest BCUT2D eigenvalue weighted by atomic mass is 28.3. The second-order valence-corrected chi connectivity index (χ2v) is 21.1. The molecule has 6 nitrogen and oxygen atoms in total. The maximum absolute atomic E-state index is 11.3. The third-order valence-electron chi connectivity index (χ3n) is 13.2. The highest BCUT2D eigenvalue weighted by Gasteiger charge is 2.42. The monoisotopic (exact) mass is 1110 g/mol. The van der Waals surface area contributed by atoms with Gasteiger partial charge in [0.1, 0.15) is 11.2 Å². The Morgan fingerprint density at radius 2 is 0.793 bits per heavy atom. The molecule has 0 aliphatic rings. The van der Waals surface area contributed by atoms with Crippen molar-refractivity contribution in [1.29, 1.82) is 0 Å². The van der Waals surface area contributed by atoms with Gasteiger partial charge in [0.15, 0.2) is 19.7 Å². The number of rotatable bonds is 10. The molecule has 4 aromatic heterocycles. The van der Waals surface area contributed by atoms with Crippen molar-refractivity contribution in [3.05, 3.63) is 296 Å². The molecule has 12 aromatic carbocycles. The van der Waals surface area contributed by atoms with Crippen molar-refractivity contribution in [2.45, 2.75) is 0 Å². The lowest BCUT2D eigenvalue weighted by atomic mass is 10.1. The van der Waals surface area contributed by atoms with E-state index in [1.165, 1.54) is 24.3 Å². The Morgan fingerprint density at radius 3 is 1.44 bits per heavy atom. The van der Waals surface area contributed by atoms with Crippen LogP contribution in [0, 0.1) is 0 Å². The number of aromatic nitrogens is 5. The highest BCUT2D eigenvalue weighted by molar-refractivity contribution is 7.20. The first kappa shape index (κ1) is 20.4. The lowest BCUT2D eigenvalue weighted by Gasteiger charge is -2.35. The average molecular weight is 1110 g/mol. The van der Waals surface area contributed by atoms with Gasteiger partial charge in [0.2, 0.25) is 5.95 Å². The van der Waals surface area contributed by atoms with Gasteiger partial charge in [-0.25, -0.2) is 4.98 Å². The molecule has 16 rings (SSSR count). The molecule has 0 aliphatic carbocycles. The van der Waals surface area contributed by atoms with Crippen LogP contribution < -0.4 is 20.7 Å². The number of nitrogens with zero attached hydrogens (tertiary/aromatic N) is 5. The van der Waals surface area contributed by atoms with Gasteiger partial charge in [-0.1, -0.05) is 248 Å². The molecule has 0 aliphatic heterocycles. The summed E-state index contributed by atoms with van der Waals surface area (Å²) in [5.74, 6) is -4.11. The molecule has 16 aromatic rings. The summed E-state index contributed by atoms with van der Waals surface area (Å²) in [6, 6.07) is -51.0. The zero-order chi connectivity index (χ0) is 93.3. The minimum absolute atomic E-state index is 0.165. The zero-order valence-corrected chi connectivity index (χ0v) is 42.0. The summed E-state index contributed by atoms with van der Waals surface area (Å²) in [7, 11) is -7.29. The van der Waals surface area contributed by atoms with E-state index in [4.69, 9.17) is 26.3 Å². The van der Waals surface area contributed by atoms with Crippen LogP contribution in [0.2, 0.25) is 0 Å². The number of hydrogen-bond acceptors (Lipinski definition) is 4. The number of hydrogen-bond donors (Lipinski definition) is 0. The minimum Gasteiger partial charge on any atom is -0.456 e. The zero-order valence-electron chi connectivity index (χ0n) is 86.0. The standard InChI is InChI=1S/C75H49N5OSi/c1-3-21-50(22-4-1)52-41-43-55(44-42-52)82(56-27-19-25-53(47-56)51-23-5-2-6-24-51,58-45-46-72-65(49-58)63-33-12-18-40-71(63)81-72)57-28-20-26-54(48-57)73-76-74(78-75(77-73)80-68-37-15-9-31-61(68)62-32-10-16-38-69(62)80)64-34-11-17-39-70(64)79-66-35-13-7-29-59(66)60-30-8-14-36-67(60)79/h1-49H/i1D,2D,3D,4D,5D,6D,7D,8D,9D,10D,11D,13D,14D,15D,16D,17D,19D,20D,21D,22D,23D,24D,25D,26D,27D,28D,29D,30D,31D,32D,34D,35D,36D,37D,38D,39D,41D,42D,43D,44D,45D,46D,47D,48D,49D. The summed E-state index contributed by atoms with van der Waals surface area (Å²) in [5, 5.41) is -9.45. The molecular weight excluding hydrogens is 1010 g/mol. The van der Waals surface area contributed by atoms with Gasteiger partial charge >= 0.3 is 0 Å². The van der Waals surface area contributed by atoms with Crippen molar-refractivity contribution in [3.8, 4) is 56.7 Å². The smallest absolute Gasteiger partial charge is 0.238 e. The fraction of sp³-hybridized carbons (Fsp3) is 0. The largest absolute Gasteiger partial charge is 0.456 e. The van der Waals surface area contributed by atoms with Gasteiger partial charge < -0.3 is 8.98 Å². The molecule has 7 heteroatoms. The molecule has 0 saturated heterocycles. The Hall–Kier alpha value is -10.7. The maximum Gasteiger partial charge on any atom is 0.238 e. The van der Waals surface area contributed by atoms with Crippen LogP contribution >= 0.6 is 0 Å². The SMILES string of the molecule is [2H]c1c([2H])c([2H])c(-c2c([2H])c([2H])c([Si](c3c([2H])c([2H])c([2H])c(-c4nc(-c5c([2H])c([2H])c([2H])c([2H])c5-n5c6c([2H])c([2H])c([2H])c([2H])c6c6c([2H])c([2H])c([2H])c([2H])c65)nc(-n5c6c([2H])c([2H])c([2H])c([2H])c6c6c([2H])c([2H])c([2H])c([2H])c65)n4)c3[2H])(c3c([2H])c([2H])c([2H])c(-c4c([2H])c([2H])c([2H])c([2H])c4[2H])c3[2H])c3c([2H])c([2H])c4oc5ccccc5c4c3[2H])c([2H])c2[2H])c([2H])c1[2H]. The van der Waals surface area contributed by atoms with E-state index in [1.807, 2.05) is 0 Å². The number of benzene rings is 12. The van der Waals surface area contributed by atoms with Crippen LogP contribution in [0.15, 0.2) is 301 Å². The lowest BCUT2D eigenvalue weighted by Crippen LogP contribution is -2.74. The molecule has 1 atom stereocenters. The molecule has 82 heavy (non-hydrogen) atoms. The van der Waals surface area contributed by atoms with E-state index >= 15 is 0 Å². The number of para-hydroxylation sites is 6. The predicted molar refractivity (Wildman–Crippen MR) is 341 cm³/mol. The number of fused-ring (bicyclic) bond motifs is 9. The van der Waals surface area contributed by atoms with E-state index in [0.29, 0.717) is 9.13 Å². The molecule has 0 bridgehead atoms. The fourth-order valence-corrected chi connectivity index (χ4v) is 13.4. The van der Waals surface area contributed by atoms with Crippen molar-refractivity contribution in [1.82, 2.24) is 24.1 Å². The Labute approximate surface area is 537 Å². The van der Waals surface area contributed by atoms with E-state index < -0.39 is 412 Å². The normalized spacial score (nSPS) is 20.2. The van der Waals surface area contributed by atoms with Gasteiger partial charge in [-0.3, -0.25) is 4.57 Å². The van der Waals surface area contributed by atoms with E-state index in [-0.39, 0.29) is 11.0 Å². The van der Waals surface area contributed by atoms with Crippen molar-refractivity contribution in [3.63, 3.8) is 0 Å². The van der Waals surface area contributed by atoms with Gasteiger partial charge in [0.25, 0.3) is 0 Å². The van der Waals surface area contributed by atoms with Crippen LogP contribution in [0.5, 0.6) is 0 Å². The summed E-state index contributed by atoms with van der Waals surface area (Å²) in [6.07, 6.45) is 0. The van der Waals surface area contributed by atoms with Crippen LogP contribution in [0.4, 0.5) is 0 Å². The molecule has 4 heterocycles. The molecule has 1 unspecified atom stereocenters. The molecule has 0 amide bonds. The van der Waals surface area contributed by atoms with Crippen molar-refractivity contribution >= 4 is 94.4 Å². The minimum atomic E-state index is -7.29. The van der Waals surface area contributed by atoms with Gasteiger partial charge in [-0.05, 0) is 91.4 Å². The van der Waals surface area contributed by atoms with E-state index in [2.05, 4.69) is 15.0 Å². The fourth-order valence-electron chi connectivity index (χ4n) is 9.73. The van der Waals surface area contributed by atoms with Crippen LogP contribution in [-0.2, 0) is 0 Å². The summed E-state index contributed by atoms with van der Waals surface area (Å²) in [5.41, 5.74) is -12.8. The van der Waals surface area contributed by atoms with Gasteiger partial charge in [0.05, 0.1) is 89.4 Å². The van der Waals surface area contributed by atoms with Crippen molar-refractivity contribution in [2.24, 2.45) is 0 Å². The van der Waals surface area contributed by atoms with Crippen molar-refractivity contribution in [2.75, 3.05) is 0 Å². The van der Waals surface area contributed by atoms with Crippen LogP contribution in [0.25, 0.3) is 122 Å². The first-order valence-electron chi connectivity index (χ1n) is 46.7. The van der Waals surface area contributed by atoms with Gasteiger partial charge in [-0.15, -0.1) is 0 Å². The quantitative estimate of drug-likeness (QED) is 0.101. The predicted octanol–water partition coefficient (Wildman–Crippen LogP) is 16.0. The second-order valence-electron chi connectivity index (χ2n) is 17.6. The molecule has 0 saturated carbocycles. The molecule has 0 spiro atoms. The Morgan fingerprint density at radius 1 is 0.317 bits per heavy atom. The summed E-state index contributed by atoms with van der Waals surface area (Å²) < 4.78 is 439. The Balaban J connectivity index is 1.22. The third-order valence-corrected chi connectivity index (χ3v) is 17.2. The number of furan rings is 1. The summed E-state index contributed by atoms with van der Waals surface area (Å²) in [6.45, 7) is 0.